The normalized spacial score (nSPS) is 10.2. The molecular weight excluding hydrogens is 218 g/mol. The van der Waals surface area contributed by atoms with Crippen LogP contribution in [0.25, 0.3) is 0 Å². The number of rotatable bonds is 3. The third-order valence-electron chi connectivity index (χ3n) is 2.29. The summed E-state index contributed by atoms with van der Waals surface area (Å²) in [6, 6.07) is 1.78. The summed E-state index contributed by atoms with van der Waals surface area (Å²) < 4.78 is 7.18. The molecule has 0 bridgehead atoms. The van der Waals surface area contributed by atoms with Crippen molar-refractivity contribution < 1.29 is 4.74 Å². The Hall–Kier alpha value is -2.37. The molecule has 0 atom stereocenters. The maximum atomic E-state index is 7.53. The highest BCUT2D eigenvalue weighted by Gasteiger charge is 2.12. The van der Waals surface area contributed by atoms with Gasteiger partial charge >= 0.3 is 0 Å². The lowest BCUT2D eigenvalue weighted by atomic mass is 10.1. The first kappa shape index (κ1) is 11.1. The Kier molecular flexibility index (Phi) is 2.78. The van der Waals surface area contributed by atoms with Gasteiger partial charge in [0.05, 0.1) is 18.0 Å². The molecule has 0 spiro atoms. The first-order valence-electron chi connectivity index (χ1n) is 5.04. The Labute approximate surface area is 98.5 Å². The van der Waals surface area contributed by atoms with E-state index in [-0.39, 0.29) is 5.84 Å². The van der Waals surface area contributed by atoms with Crippen LogP contribution in [0, 0.1) is 12.3 Å². The number of nitrogens with zero attached hydrogens (tertiary/aromatic N) is 3. The fourth-order valence-corrected chi connectivity index (χ4v) is 1.50. The van der Waals surface area contributed by atoms with E-state index >= 15 is 0 Å². The molecule has 88 valence electrons. The fourth-order valence-electron chi connectivity index (χ4n) is 1.50. The van der Waals surface area contributed by atoms with Gasteiger partial charge in [0.1, 0.15) is 5.84 Å². The van der Waals surface area contributed by atoms with Crippen molar-refractivity contribution in [1.29, 1.82) is 5.41 Å². The van der Waals surface area contributed by atoms with E-state index in [1.807, 2.05) is 6.92 Å². The summed E-state index contributed by atoms with van der Waals surface area (Å²) in [5, 5.41) is 11.5. The average molecular weight is 231 g/mol. The van der Waals surface area contributed by atoms with Crippen LogP contribution in [-0.4, -0.2) is 20.6 Å². The molecule has 3 N–H and O–H groups in total. The molecule has 6 heteroatoms. The van der Waals surface area contributed by atoms with Crippen LogP contribution in [0.5, 0.6) is 11.6 Å². The van der Waals surface area contributed by atoms with Gasteiger partial charge in [-0.15, -0.1) is 0 Å². The molecule has 0 unspecified atom stereocenters. The van der Waals surface area contributed by atoms with Gasteiger partial charge in [0, 0.05) is 13.2 Å². The molecule has 6 nitrogen and oxygen atoms in total. The summed E-state index contributed by atoms with van der Waals surface area (Å²) in [4.78, 5) is 4.09. The van der Waals surface area contributed by atoms with Crippen LogP contribution >= 0.6 is 0 Å². The van der Waals surface area contributed by atoms with Crippen LogP contribution in [0.3, 0.4) is 0 Å². The minimum absolute atomic E-state index is 0.0607. The number of nitrogens with two attached hydrogens (primary N) is 1. The van der Waals surface area contributed by atoms with E-state index in [2.05, 4.69) is 10.1 Å². The van der Waals surface area contributed by atoms with E-state index in [9.17, 15) is 0 Å². The summed E-state index contributed by atoms with van der Waals surface area (Å²) in [5.41, 5.74) is 6.88. The molecular formula is C11H13N5O. The molecule has 0 aliphatic rings. The van der Waals surface area contributed by atoms with Gasteiger partial charge in [0.25, 0.3) is 0 Å². The summed E-state index contributed by atoms with van der Waals surface area (Å²) in [6.45, 7) is 1.86. The topological polar surface area (TPSA) is 89.8 Å². The molecule has 0 fully saturated rings. The van der Waals surface area contributed by atoms with Gasteiger partial charge in [-0.1, -0.05) is 0 Å². The lowest BCUT2D eigenvalue weighted by molar-refractivity contribution is 0.460. The maximum absolute atomic E-state index is 7.53. The van der Waals surface area contributed by atoms with Gasteiger partial charge in [-0.05, 0) is 18.6 Å². The van der Waals surface area contributed by atoms with Crippen LogP contribution < -0.4 is 10.5 Å². The second-order valence-corrected chi connectivity index (χ2v) is 3.67. The number of aryl methyl sites for hydroxylation is 2. The SMILES string of the molecule is Cc1ccnc(Oc2cnn(C)c2)c1C(=N)N. The largest absolute Gasteiger partial charge is 0.435 e. The van der Waals surface area contributed by atoms with E-state index in [4.69, 9.17) is 15.9 Å². The number of nitrogens with one attached hydrogen (secondary N) is 1. The Bertz CT molecular complexity index is 561. The van der Waals surface area contributed by atoms with E-state index in [0.717, 1.165) is 5.56 Å². The Morgan fingerprint density at radius 3 is 2.88 bits per heavy atom. The molecule has 0 aliphatic carbocycles. The molecule has 0 radical (unpaired) electrons. The van der Waals surface area contributed by atoms with E-state index in [1.54, 1.807) is 36.4 Å². The van der Waals surface area contributed by atoms with Crippen LogP contribution in [-0.2, 0) is 7.05 Å². The standard InChI is InChI=1S/C11H13N5O/c1-7-3-4-14-11(9(7)10(12)13)17-8-5-15-16(2)6-8/h3-6H,1-2H3,(H3,12,13). The van der Waals surface area contributed by atoms with Crippen LogP contribution in [0.2, 0.25) is 0 Å². The molecule has 2 aromatic heterocycles. The number of amidine groups is 1. The van der Waals surface area contributed by atoms with Crippen LogP contribution in [0.4, 0.5) is 0 Å². The zero-order chi connectivity index (χ0) is 12.4. The van der Waals surface area contributed by atoms with Gasteiger partial charge < -0.3 is 10.5 Å². The van der Waals surface area contributed by atoms with Gasteiger partial charge in [0.15, 0.2) is 5.75 Å². The minimum Gasteiger partial charge on any atom is -0.435 e. The molecule has 0 saturated heterocycles. The van der Waals surface area contributed by atoms with Crippen LogP contribution in [0.15, 0.2) is 24.7 Å². The third kappa shape index (κ3) is 2.25. The number of pyridine rings is 1. The van der Waals surface area contributed by atoms with Gasteiger partial charge in [-0.25, -0.2) is 4.98 Å². The number of ether oxygens (including phenoxy) is 1. The molecule has 2 rings (SSSR count). The molecule has 2 heterocycles. The second-order valence-electron chi connectivity index (χ2n) is 3.67. The van der Waals surface area contributed by atoms with Crippen molar-refractivity contribution in [1.82, 2.24) is 14.8 Å². The summed E-state index contributed by atoms with van der Waals surface area (Å²) in [5.74, 6) is 0.827. The summed E-state index contributed by atoms with van der Waals surface area (Å²) in [7, 11) is 1.79. The first-order chi connectivity index (χ1) is 8.08. The number of aromatic nitrogens is 3. The Morgan fingerprint density at radius 1 is 1.53 bits per heavy atom. The number of hydrogen-bond donors (Lipinski definition) is 2. The molecule has 2 aromatic rings. The van der Waals surface area contributed by atoms with Crippen molar-refractivity contribution in [2.24, 2.45) is 12.8 Å². The van der Waals surface area contributed by atoms with Crippen molar-refractivity contribution in [3.8, 4) is 11.6 Å². The monoisotopic (exact) mass is 231 g/mol. The van der Waals surface area contributed by atoms with Gasteiger partial charge in [-0.2, -0.15) is 5.10 Å². The quantitative estimate of drug-likeness (QED) is 0.613. The smallest absolute Gasteiger partial charge is 0.230 e. The maximum Gasteiger partial charge on any atom is 0.230 e. The van der Waals surface area contributed by atoms with E-state index < -0.39 is 0 Å². The molecule has 0 aromatic carbocycles. The number of nitrogen functional groups attached to an aromatic ring is 1. The van der Waals surface area contributed by atoms with Crippen molar-refractivity contribution in [3.63, 3.8) is 0 Å². The highest BCUT2D eigenvalue weighted by atomic mass is 16.5. The van der Waals surface area contributed by atoms with Gasteiger partial charge in [-0.3, -0.25) is 10.1 Å². The average Bonchev–Trinajstić information content (AvgIpc) is 2.63. The van der Waals surface area contributed by atoms with Gasteiger partial charge in [0.2, 0.25) is 5.88 Å². The number of hydrogen-bond acceptors (Lipinski definition) is 4. The molecule has 17 heavy (non-hydrogen) atoms. The summed E-state index contributed by atoms with van der Waals surface area (Å²) in [6.07, 6.45) is 4.91. The highest BCUT2D eigenvalue weighted by Crippen LogP contribution is 2.24. The third-order valence-corrected chi connectivity index (χ3v) is 2.29. The Balaban J connectivity index is 2.39. The predicted octanol–water partition coefficient (Wildman–Crippen LogP) is 1.20. The van der Waals surface area contributed by atoms with E-state index in [1.165, 1.54) is 0 Å². The van der Waals surface area contributed by atoms with Crippen LogP contribution in [0.1, 0.15) is 11.1 Å². The lowest BCUT2D eigenvalue weighted by Gasteiger charge is -2.09. The first-order valence-corrected chi connectivity index (χ1v) is 5.04. The van der Waals surface area contributed by atoms with E-state index in [0.29, 0.717) is 17.2 Å². The predicted molar refractivity (Wildman–Crippen MR) is 63.3 cm³/mol. The van der Waals surface area contributed by atoms with Crippen molar-refractivity contribution in [2.45, 2.75) is 6.92 Å². The minimum atomic E-state index is -0.0607. The van der Waals surface area contributed by atoms with Crippen molar-refractivity contribution >= 4 is 5.84 Å². The highest BCUT2D eigenvalue weighted by molar-refractivity contribution is 5.98. The second kappa shape index (κ2) is 4.25. The van der Waals surface area contributed by atoms with Crippen molar-refractivity contribution in [2.75, 3.05) is 0 Å². The zero-order valence-electron chi connectivity index (χ0n) is 9.64. The Morgan fingerprint density at radius 2 is 2.29 bits per heavy atom. The fraction of sp³-hybridized carbons (Fsp3) is 0.182. The molecule has 0 saturated carbocycles. The lowest BCUT2D eigenvalue weighted by Crippen LogP contribution is -2.14. The zero-order valence-corrected chi connectivity index (χ0v) is 9.64. The molecule has 0 amide bonds. The van der Waals surface area contributed by atoms with Crippen molar-refractivity contribution in [3.05, 3.63) is 35.8 Å². The summed E-state index contributed by atoms with van der Waals surface area (Å²) >= 11 is 0. The molecule has 0 aliphatic heterocycles.